The SMILES string of the molecule is CCCNC(c1cccc(C)c1)C(CC)(CC)OC. The number of ether oxygens (including phenoxy) is 1. The van der Waals surface area contributed by atoms with Gasteiger partial charge in [-0.2, -0.15) is 0 Å². The largest absolute Gasteiger partial charge is 0.376 e. The average molecular weight is 263 g/mol. The molecular formula is C17H29NO. The lowest BCUT2D eigenvalue weighted by molar-refractivity contribution is -0.0485. The number of hydrogen-bond donors (Lipinski definition) is 1. The normalized spacial score (nSPS) is 13.5. The molecule has 0 aromatic heterocycles. The van der Waals surface area contributed by atoms with Gasteiger partial charge in [0.15, 0.2) is 0 Å². The third-order valence-corrected chi connectivity index (χ3v) is 4.10. The molecule has 0 amide bonds. The maximum absolute atomic E-state index is 5.93. The highest BCUT2D eigenvalue weighted by Gasteiger charge is 2.36. The van der Waals surface area contributed by atoms with Crippen LogP contribution in [-0.4, -0.2) is 19.3 Å². The number of aryl methyl sites for hydroxylation is 1. The molecule has 0 saturated carbocycles. The summed E-state index contributed by atoms with van der Waals surface area (Å²) in [5.41, 5.74) is 2.51. The fourth-order valence-corrected chi connectivity index (χ4v) is 2.81. The van der Waals surface area contributed by atoms with Gasteiger partial charge in [0.2, 0.25) is 0 Å². The first-order valence-electron chi connectivity index (χ1n) is 7.48. The standard InChI is InChI=1S/C17H29NO/c1-6-12-18-16(17(7-2,8-3)19-5)15-11-9-10-14(4)13-15/h9-11,13,16,18H,6-8,12H2,1-5H3. The maximum Gasteiger partial charge on any atom is 0.0867 e. The second-order valence-corrected chi connectivity index (χ2v) is 5.28. The lowest BCUT2D eigenvalue weighted by Crippen LogP contribution is -2.45. The first kappa shape index (κ1) is 16.2. The first-order chi connectivity index (χ1) is 9.13. The molecule has 19 heavy (non-hydrogen) atoms. The van der Waals surface area contributed by atoms with E-state index in [0.29, 0.717) is 0 Å². The van der Waals surface area contributed by atoms with Crippen LogP contribution in [0.25, 0.3) is 0 Å². The summed E-state index contributed by atoms with van der Waals surface area (Å²) in [4.78, 5) is 0. The minimum absolute atomic E-state index is 0.122. The third kappa shape index (κ3) is 3.80. The molecule has 108 valence electrons. The van der Waals surface area contributed by atoms with Crippen LogP contribution in [0.5, 0.6) is 0 Å². The minimum Gasteiger partial charge on any atom is -0.376 e. The van der Waals surface area contributed by atoms with Gasteiger partial charge in [-0.05, 0) is 38.3 Å². The Morgan fingerprint density at radius 3 is 2.37 bits per heavy atom. The van der Waals surface area contributed by atoms with E-state index in [2.05, 4.69) is 57.3 Å². The summed E-state index contributed by atoms with van der Waals surface area (Å²) in [6.07, 6.45) is 3.15. The molecule has 0 aliphatic rings. The molecule has 1 aromatic rings. The van der Waals surface area contributed by atoms with E-state index < -0.39 is 0 Å². The molecule has 0 saturated heterocycles. The molecule has 0 radical (unpaired) electrons. The molecule has 0 aliphatic heterocycles. The molecule has 2 nitrogen and oxygen atoms in total. The van der Waals surface area contributed by atoms with Gasteiger partial charge in [-0.1, -0.05) is 50.6 Å². The van der Waals surface area contributed by atoms with Crippen molar-refractivity contribution >= 4 is 0 Å². The zero-order chi connectivity index (χ0) is 14.3. The topological polar surface area (TPSA) is 21.3 Å². The molecule has 0 spiro atoms. The van der Waals surface area contributed by atoms with E-state index in [0.717, 1.165) is 25.8 Å². The van der Waals surface area contributed by atoms with Crippen LogP contribution in [0.2, 0.25) is 0 Å². The van der Waals surface area contributed by atoms with Crippen molar-refractivity contribution in [2.24, 2.45) is 0 Å². The van der Waals surface area contributed by atoms with Crippen molar-refractivity contribution in [3.05, 3.63) is 35.4 Å². The Morgan fingerprint density at radius 1 is 1.21 bits per heavy atom. The average Bonchev–Trinajstić information content (AvgIpc) is 2.44. The van der Waals surface area contributed by atoms with Crippen LogP contribution in [0, 0.1) is 6.92 Å². The van der Waals surface area contributed by atoms with Crippen LogP contribution < -0.4 is 5.32 Å². The predicted octanol–water partition coefficient (Wildman–Crippen LogP) is 4.24. The third-order valence-electron chi connectivity index (χ3n) is 4.10. The van der Waals surface area contributed by atoms with Gasteiger partial charge >= 0.3 is 0 Å². The Labute approximate surface area is 118 Å². The van der Waals surface area contributed by atoms with Gasteiger partial charge in [0.05, 0.1) is 11.6 Å². The zero-order valence-electron chi connectivity index (χ0n) is 13.1. The summed E-state index contributed by atoms with van der Waals surface area (Å²) in [6, 6.07) is 9.02. The van der Waals surface area contributed by atoms with Gasteiger partial charge in [0, 0.05) is 7.11 Å². The molecule has 2 heteroatoms. The number of nitrogens with one attached hydrogen (secondary N) is 1. The van der Waals surface area contributed by atoms with E-state index in [-0.39, 0.29) is 11.6 Å². The van der Waals surface area contributed by atoms with Crippen LogP contribution in [0.1, 0.15) is 57.2 Å². The van der Waals surface area contributed by atoms with Gasteiger partial charge in [-0.25, -0.2) is 0 Å². The predicted molar refractivity (Wildman–Crippen MR) is 82.5 cm³/mol. The van der Waals surface area contributed by atoms with Crippen molar-refractivity contribution in [2.75, 3.05) is 13.7 Å². The van der Waals surface area contributed by atoms with Crippen LogP contribution in [0.3, 0.4) is 0 Å². The van der Waals surface area contributed by atoms with Gasteiger partial charge in [-0.3, -0.25) is 0 Å². The highest BCUT2D eigenvalue weighted by molar-refractivity contribution is 5.27. The number of benzene rings is 1. The number of methoxy groups -OCH3 is 1. The van der Waals surface area contributed by atoms with Crippen LogP contribution in [0.4, 0.5) is 0 Å². The summed E-state index contributed by atoms with van der Waals surface area (Å²) >= 11 is 0. The summed E-state index contributed by atoms with van der Waals surface area (Å²) in [6.45, 7) is 9.79. The van der Waals surface area contributed by atoms with Gasteiger partial charge < -0.3 is 10.1 Å². The van der Waals surface area contributed by atoms with E-state index in [9.17, 15) is 0 Å². The lowest BCUT2D eigenvalue weighted by atomic mass is 9.83. The van der Waals surface area contributed by atoms with Crippen molar-refractivity contribution in [1.29, 1.82) is 0 Å². The summed E-state index contributed by atoms with van der Waals surface area (Å²) in [5, 5.41) is 3.68. The monoisotopic (exact) mass is 263 g/mol. The van der Waals surface area contributed by atoms with Gasteiger partial charge in [-0.15, -0.1) is 0 Å². The smallest absolute Gasteiger partial charge is 0.0867 e. The van der Waals surface area contributed by atoms with E-state index >= 15 is 0 Å². The summed E-state index contributed by atoms with van der Waals surface area (Å²) < 4.78 is 5.93. The first-order valence-corrected chi connectivity index (χ1v) is 7.48. The van der Waals surface area contributed by atoms with Crippen molar-refractivity contribution in [3.8, 4) is 0 Å². The second-order valence-electron chi connectivity index (χ2n) is 5.28. The van der Waals surface area contributed by atoms with Crippen molar-refractivity contribution < 1.29 is 4.74 Å². The fourth-order valence-electron chi connectivity index (χ4n) is 2.81. The van der Waals surface area contributed by atoms with Crippen LogP contribution in [-0.2, 0) is 4.74 Å². The highest BCUT2D eigenvalue weighted by Crippen LogP contribution is 2.35. The molecule has 1 rings (SSSR count). The molecule has 1 aromatic carbocycles. The Bertz CT molecular complexity index is 363. The molecule has 0 aliphatic carbocycles. The Morgan fingerprint density at radius 2 is 1.89 bits per heavy atom. The van der Waals surface area contributed by atoms with Crippen molar-refractivity contribution in [3.63, 3.8) is 0 Å². The Kier molecular flexibility index (Phi) is 6.53. The number of rotatable bonds is 8. The highest BCUT2D eigenvalue weighted by atomic mass is 16.5. The van der Waals surface area contributed by atoms with Gasteiger partial charge in [0.1, 0.15) is 0 Å². The zero-order valence-corrected chi connectivity index (χ0v) is 13.1. The Hall–Kier alpha value is -0.860. The van der Waals surface area contributed by atoms with Crippen LogP contribution in [0.15, 0.2) is 24.3 Å². The van der Waals surface area contributed by atoms with Gasteiger partial charge in [0.25, 0.3) is 0 Å². The maximum atomic E-state index is 5.93. The van der Waals surface area contributed by atoms with E-state index in [4.69, 9.17) is 4.74 Å². The van der Waals surface area contributed by atoms with E-state index in [1.165, 1.54) is 11.1 Å². The van der Waals surface area contributed by atoms with Crippen molar-refractivity contribution in [2.45, 2.75) is 58.6 Å². The molecule has 0 bridgehead atoms. The number of hydrogen-bond acceptors (Lipinski definition) is 2. The molecular weight excluding hydrogens is 234 g/mol. The molecule has 0 heterocycles. The molecule has 0 fully saturated rings. The quantitative estimate of drug-likeness (QED) is 0.757. The minimum atomic E-state index is -0.122. The second kappa shape index (κ2) is 7.66. The summed E-state index contributed by atoms with van der Waals surface area (Å²) in [5.74, 6) is 0. The van der Waals surface area contributed by atoms with Crippen LogP contribution >= 0.6 is 0 Å². The lowest BCUT2D eigenvalue weighted by Gasteiger charge is -2.39. The Balaban J connectivity index is 3.12. The van der Waals surface area contributed by atoms with Crippen molar-refractivity contribution in [1.82, 2.24) is 5.32 Å². The molecule has 1 N–H and O–H groups in total. The molecule has 1 unspecified atom stereocenters. The fraction of sp³-hybridized carbons (Fsp3) is 0.647. The molecule has 1 atom stereocenters. The summed E-state index contributed by atoms with van der Waals surface area (Å²) in [7, 11) is 1.84. The van der Waals surface area contributed by atoms with E-state index in [1.54, 1.807) is 0 Å². The van der Waals surface area contributed by atoms with E-state index in [1.807, 2.05) is 7.11 Å².